The molecule has 1 N–H and O–H groups in total. The van der Waals surface area contributed by atoms with E-state index in [1.807, 2.05) is 43.3 Å². The number of likely N-dealkylation sites (tertiary alicyclic amines) is 1. The van der Waals surface area contributed by atoms with Crippen LogP contribution in [0.25, 0.3) is 0 Å². The van der Waals surface area contributed by atoms with Gasteiger partial charge in [-0.2, -0.15) is 0 Å². The first-order chi connectivity index (χ1) is 12.1. The van der Waals surface area contributed by atoms with Crippen LogP contribution in [0.5, 0.6) is 5.75 Å². The van der Waals surface area contributed by atoms with Crippen molar-refractivity contribution in [2.75, 3.05) is 47.4 Å². The summed E-state index contributed by atoms with van der Waals surface area (Å²) in [5.74, 6) is 1.80. The molecule has 0 aromatic heterocycles. The van der Waals surface area contributed by atoms with Crippen LogP contribution < -0.4 is 10.1 Å². The highest BCUT2D eigenvalue weighted by Gasteiger charge is 2.24. The summed E-state index contributed by atoms with van der Waals surface area (Å²) in [5, 5.41) is 3.23. The maximum atomic E-state index is 12.7. The van der Waals surface area contributed by atoms with Crippen molar-refractivity contribution in [1.29, 1.82) is 0 Å². The van der Waals surface area contributed by atoms with Crippen molar-refractivity contribution >= 4 is 18.3 Å². The lowest BCUT2D eigenvalue weighted by Crippen LogP contribution is -2.43. The van der Waals surface area contributed by atoms with Gasteiger partial charge in [-0.05, 0) is 64.9 Å². The summed E-state index contributed by atoms with van der Waals surface area (Å²) in [7, 11) is 5.57. The minimum atomic E-state index is -0.00295. The maximum absolute atomic E-state index is 12.7. The van der Waals surface area contributed by atoms with Gasteiger partial charge in [0.1, 0.15) is 5.75 Å². The minimum Gasteiger partial charge on any atom is -0.496 e. The van der Waals surface area contributed by atoms with Crippen LogP contribution in [0.1, 0.15) is 37.8 Å². The predicted octanol–water partition coefficient (Wildman–Crippen LogP) is 2.96. The molecular formula is C20H34ClN3O2. The summed E-state index contributed by atoms with van der Waals surface area (Å²) in [6.45, 7) is 5.70. The fourth-order valence-corrected chi connectivity index (χ4v) is 3.52. The number of nitrogens with zero attached hydrogens (tertiary/aromatic N) is 2. The van der Waals surface area contributed by atoms with Crippen molar-refractivity contribution in [2.24, 2.45) is 5.92 Å². The number of rotatable bonds is 8. The molecule has 0 aliphatic carbocycles. The Balaban J connectivity index is 0.00000338. The van der Waals surface area contributed by atoms with Gasteiger partial charge in [-0.15, -0.1) is 12.4 Å². The van der Waals surface area contributed by atoms with E-state index in [0.29, 0.717) is 6.54 Å². The standard InChI is InChI=1S/C20H33N3O2.ClH/c1-16(18-7-5-6-8-19(18)25-4)22(3)20(24)15-23-13-10-17(11-14-23)9-12-21-2;/h5-8,16-17,21H,9-15H2,1-4H3;1H. The molecule has 1 heterocycles. The molecule has 0 saturated carbocycles. The number of carbonyl (C=O) groups is 1. The Kier molecular flexibility index (Phi) is 9.99. The Morgan fingerprint density at radius 3 is 2.62 bits per heavy atom. The molecule has 148 valence electrons. The van der Waals surface area contributed by atoms with Crippen LogP contribution in [-0.2, 0) is 4.79 Å². The van der Waals surface area contributed by atoms with Crippen molar-refractivity contribution in [3.05, 3.63) is 29.8 Å². The number of hydrogen-bond donors (Lipinski definition) is 1. The first kappa shape index (κ1) is 22.7. The van der Waals surface area contributed by atoms with E-state index < -0.39 is 0 Å². The number of ether oxygens (including phenoxy) is 1. The third-order valence-electron chi connectivity index (χ3n) is 5.43. The molecular weight excluding hydrogens is 350 g/mol. The molecule has 0 bridgehead atoms. The van der Waals surface area contributed by atoms with Crippen molar-refractivity contribution in [3.63, 3.8) is 0 Å². The molecule has 1 amide bonds. The number of nitrogens with one attached hydrogen (secondary N) is 1. The van der Waals surface area contributed by atoms with Crippen molar-refractivity contribution in [3.8, 4) is 5.75 Å². The van der Waals surface area contributed by atoms with Gasteiger partial charge in [0.25, 0.3) is 0 Å². The van der Waals surface area contributed by atoms with Gasteiger partial charge in [-0.25, -0.2) is 0 Å². The summed E-state index contributed by atoms with van der Waals surface area (Å²) in [6, 6.07) is 7.91. The van der Waals surface area contributed by atoms with E-state index in [9.17, 15) is 4.79 Å². The van der Waals surface area contributed by atoms with Gasteiger partial charge in [0.2, 0.25) is 5.91 Å². The Labute approximate surface area is 164 Å². The second-order valence-corrected chi connectivity index (χ2v) is 7.03. The predicted molar refractivity (Wildman–Crippen MR) is 109 cm³/mol. The van der Waals surface area contributed by atoms with E-state index >= 15 is 0 Å². The fraction of sp³-hybridized carbons (Fsp3) is 0.650. The summed E-state index contributed by atoms with van der Waals surface area (Å²) in [5.41, 5.74) is 1.05. The normalized spacial score (nSPS) is 16.6. The van der Waals surface area contributed by atoms with E-state index in [1.54, 1.807) is 7.11 Å². The maximum Gasteiger partial charge on any atom is 0.236 e. The number of para-hydroxylation sites is 1. The first-order valence-corrected chi connectivity index (χ1v) is 9.32. The number of hydrogen-bond acceptors (Lipinski definition) is 4. The lowest BCUT2D eigenvalue weighted by molar-refractivity contribution is -0.133. The third kappa shape index (κ3) is 6.15. The smallest absolute Gasteiger partial charge is 0.236 e. The monoisotopic (exact) mass is 383 g/mol. The van der Waals surface area contributed by atoms with Gasteiger partial charge in [-0.3, -0.25) is 9.69 Å². The lowest BCUT2D eigenvalue weighted by Gasteiger charge is -2.34. The highest BCUT2D eigenvalue weighted by atomic mass is 35.5. The number of methoxy groups -OCH3 is 1. The quantitative estimate of drug-likeness (QED) is 0.749. The number of piperidine rings is 1. The molecule has 1 fully saturated rings. The van der Waals surface area contributed by atoms with Crippen LogP contribution in [0.2, 0.25) is 0 Å². The topological polar surface area (TPSA) is 44.8 Å². The minimum absolute atomic E-state index is 0. The fourth-order valence-electron chi connectivity index (χ4n) is 3.52. The molecule has 1 saturated heterocycles. The summed E-state index contributed by atoms with van der Waals surface area (Å²) in [6.07, 6.45) is 3.63. The summed E-state index contributed by atoms with van der Waals surface area (Å²) >= 11 is 0. The molecule has 1 aromatic carbocycles. The van der Waals surface area contributed by atoms with E-state index in [4.69, 9.17) is 4.74 Å². The summed E-state index contributed by atoms with van der Waals surface area (Å²) < 4.78 is 5.44. The molecule has 6 heteroatoms. The van der Waals surface area contributed by atoms with Crippen LogP contribution >= 0.6 is 12.4 Å². The van der Waals surface area contributed by atoms with Gasteiger partial charge < -0.3 is 15.0 Å². The van der Waals surface area contributed by atoms with Crippen LogP contribution in [0.4, 0.5) is 0 Å². The molecule has 2 rings (SSSR count). The number of halogens is 1. The zero-order chi connectivity index (χ0) is 18.2. The summed E-state index contributed by atoms with van der Waals surface area (Å²) in [4.78, 5) is 16.8. The Morgan fingerprint density at radius 1 is 1.35 bits per heavy atom. The van der Waals surface area contributed by atoms with Crippen LogP contribution in [0.15, 0.2) is 24.3 Å². The molecule has 1 aromatic rings. The zero-order valence-corrected chi connectivity index (χ0v) is 17.3. The number of carbonyl (C=O) groups excluding carboxylic acids is 1. The van der Waals surface area contributed by atoms with E-state index in [2.05, 4.69) is 17.1 Å². The average Bonchev–Trinajstić information content (AvgIpc) is 2.66. The van der Waals surface area contributed by atoms with Crippen LogP contribution in [-0.4, -0.2) is 63.1 Å². The van der Waals surface area contributed by atoms with E-state index in [0.717, 1.165) is 36.9 Å². The molecule has 1 aliphatic rings. The molecule has 1 aliphatic heterocycles. The third-order valence-corrected chi connectivity index (χ3v) is 5.43. The van der Waals surface area contributed by atoms with Gasteiger partial charge in [0, 0.05) is 12.6 Å². The lowest BCUT2D eigenvalue weighted by atomic mass is 9.93. The Morgan fingerprint density at radius 2 is 2.00 bits per heavy atom. The second-order valence-electron chi connectivity index (χ2n) is 7.03. The molecule has 1 unspecified atom stereocenters. The second kappa shape index (κ2) is 11.4. The Bertz CT molecular complexity index is 548. The zero-order valence-electron chi connectivity index (χ0n) is 16.5. The molecule has 5 nitrogen and oxygen atoms in total. The molecule has 0 spiro atoms. The van der Waals surface area contributed by atoms with Crippen molar-refractivity contribution in [2.45, 2.75) is 32.2 Å². The molecule has 26 heavy (non-hydrogen) atoms. The van der Waals surface area contributed by atoms with Gasteiger partial charge in [0.05, 0.1) is 19.7 Å². The van der Waals surface area contributed by atoms with E-state index in [1.165, 1.54) is 19.3 Å². The number of benzene rings is 1. The van der Waals surface area contributed by atoms with Crippen LogP contribution in [0.3, 0.4) is 0 Å². The van der Waals surface area contributed by atoms with Gasteiger partial charge in [-0.1, -0.05) is 18.2 Å². The molecule has 0 radical (unpaired) electrons. The average molecular weight is 384 g/mol. The Hall–Kier alpha value is -1.30. The first-order valence-electron chi connectivity index (χ1n) is 9.32. The number of likely N-dealkylation sites (N-methyl/N-ethyl adjacent to an activating group) is 1. The van der Waals surface area contributed by atoms with Crippen molar-refractivity contribution in [1.82, 2.24) is 15.1 Å². The van der Waals surface area contributed by atoms with E-state index in [-0.39, 0.29) is 24.4 Å². The molecule has 1 atom stereocenters. The van der Waals surface area contributed by atoms with Crippen LogP contribution in [0, 0.1) is 5.92 Å². The highest BCUT2D eigenvalue weighted by molar-refractivity contribution is 5.85. The van der Waals surface area contributed by atoms with Gasteiger partial charge in [0.15, 0.2) is 0 Å². The number of amides is 1. The SMILES string of the molecule is CNCCC1CCN(CC(=O)N(C)C(C)c2ccccc2OC)CC1.Cl. The van der Waals surface area contributed by atoms with Crippen molar-refractivity contribution < 1.29 is 9.53 Å². The largest absolute Gasteiger partial charge is 0.496 e. The van der Waals surface area contributed by atoms with Gasteiger partial charge >= 0.3 is 0 Å². The highest BCUT2D eigenvalue weighted by Crippen LogP contribution is 2.28.